The molecule has 19 heavy (non-hydrogen) atoms. The molecule has 1 aromatic rings. The zero-order valence-electron chi connectivity index (χ0n) is 11.9. The van der Waals surface area contributed by atoms with Gasteiger partial charge in [-0.2, -0.15) is 0 Å². The third-order valence-electron chi connectivity index (χ3n) is 4.29. The zero-order chi connectivity index (χ0) is 13.9. The molecule has 1 aromatic carbocycles. The molecule has 0 atom stereocenters. The smallest absolute Gasteiger partial charge is 0.311 e. The Balaban J connectivity index is 2.18. The van der Waals surface area contributed by atoms with Crippen molar-refractivity contribution in [1.29, 1.82) is 0 Å². The lowest BCUT2D eigenvalue weighted by Gasteiger charge is -2.33. The van der Waals surface area contributed by atoms with E-state index >= 15 is 0 Å². The van der Waals surface area contributed by atoms with Crippen molar-refractivity contribution in [2.45, 2.75) is 39.5 Å². The van der Waals surface area contributed by atoms with Crippen LogP contribution in [-0.4, -0.2) is 24.2 Å². The monoisotopic (exact) mass is 261 g/mol. The molecule has 0 radical (unpaired) electrons. The van der Waals surface area contributed by atoms with E-state index in [1.54, 1.807) is 0 Å². The van der Waals surface area contributed by atoms with Crippen LogP contribution in [0.25, 0.3) is 0 Å². The minimum absolute atomic E-state index is 0.541. The lowest BCUT2D eigenvalue weighted by Crippen LogP contribution is -2.41. The van der Waals surface area contributed by atoms with Crippen molar-refractivity contribution in [2.24, 2.45) is 5.41 Å². The molecule has 0 unspecified atom stereocenters. The summed E-state index contributed by atoms with van der Waals surface area (Å²) in [6.45, 7) is 5.63. The van der Waals surface area contributed by atoms with Gasteiger partial charge in [0.2, 0.25) is 0 Å². The summed E-state index contributed by atoms with van der Waals surface area (Å²) in [4.78, 5) is 13.8. The highest BCUT2D eigenvalue weighted by Crippen LogP contribution is 2.39. The Hall–Kier alpha value is -1.51. The summed E-state index contributed by atoms with van der Waals surface area (Å²) in [5.74, 6) is -0.629. The summed E-state index contributed by atoms with van der Waals surface area (Å²) in [6.07, 6.45) is 3.70. The quantitative estimate of drug-likeness (QED) is 0.882. The molecule has 0 aliphatic heterocycles. The third-order valence-corrected chi connectivity index (χ3v) is 4.29. The molecule has 3 heteroatoms. The Morgan fingerprint density at radius 1 is 1.26 bits per heavy atom. The first-order valence-corrected chi connectivity index (χ1v) is 7.12. The lowest BCUT2D eigenvalue weighted by atomic mass is 9.85. The van der Waals surface area contributed by atoms with Crippen LogP contribution in [0.15, 0.2) is 24.3 Å². The molecule has 3 nitrogen and oxygen atoms in total. The predicted octanol–water partition coefficient (Wildman–Crippen LogP) is 3.47. The van der Waals surface area contributed by atoms with Gasteiger partial charge in [-0.1, -0.05) is 30.5 Å². The van der Waals surface area contributed by atoms with Crippen molar-refractivity contribution in [3.63, 3.8) is 0 Å². The van der Waals surface area contributed by atoms with Crippen molar-refractivity contribution in [1.82, 2.24) is 0 Å². The first-order valence-electron chi connectivity index (χ1n) is 7.12. The fourth-order valence-corrected chi connectivity index (χ4v) is 3.00. The van der Waals surface area contributed by atoms with Gasteiger partial charge in [-0.3, -0.25) is 4.79 Å². The van der Waals surface area contributed by atoms with Crippen LogP contribution in [0.3, 0.4) is 0 Å². The van der Waals surface area contributed by atoms with Crippen molar-refractivity contribution in [3.8, 4) is 0 Å². The number of carboxylic acids is 1. The van der Waals surface area contributed by atoms with E-state index in [4.69, 9.17) is 0 Å². The fourth-order valence-electron chi connectivity index (χ4n) is 3.00. The van der Waals surface area contributed by atoms with Gasteiger partial charge in [-0.15, -0.1) is 0 Å². The van der Waals surface area contributed by atoms with Gasteiger partial charge in [-0.25, -0.2) is 0 Å². The number of anilines is 1. The summed E-state index contributed by atoms with van der Waals surface area (Å²) >= 11 is 0. The predicted molar refractivity (Wildman–Crippen MR) is 77.6 cm³/mol. The maximum atomic E-state index is 11.6. The Morgan fingerprint density at radius 3 is 2.32 bits per heavy atom. The van der Waals surface area contributed by atoms with Crippen molar-refractivity contribution >= 4 is 11.7 Å². The average molecular weight is 261 g/mol. The number of rotatable bonds is 5. The van der Waals surface area contributed by atoms with Gasteiger partial charge < -0.3 is 10.0 Å². The SMILES string of the molecule is CCN(CC1(C(=O)O)CCCC1)c1ccc(C)cc1. The number of carboxylic acid groups (broad SMARTS) is 1. The number of benzene rings is 1. The molecule has 1 N–H and O–H groups in total. The highest BCUT2D eigenvalue weighted by atomic mass is 16.4. The molecule has 0 amide bonds. The number of hydrogen-bond donors (Lipinski definition) is 1. The van der Waals surface area contributed by atoms with Gasteiger partial charge in [0.25, 0.3) is 0 Å². The average Bonchev–Trinajstić information content (AvgIpc) is 2.87. The van der Waals surface area contributed by atoms with E-state index in [9.17, 15) is 9.90 Å². The number of aliphatic carboxylic acids is 1. The molecule has 0 spiro atoms. The number of aryl methyl sites for hydroxylation is 1. The Labute approximate surface area is 115 Å². The normalized spacial score (nSPS) is 17.4. The second-order valence-electron chi connectivity index (χ2n) is 5.64. The van der Waals surface area contributed by atoms with E-state index in [2.05, 4.69) is 43.0 Å². The topological polar surface area (TPSA) is 40.5 Å². The Morgan fingerprint density at radius 2 is 1.84 bits per heavy atom. The first-order chi connectivity index (χ1) is 9.07. The molecule has 1 aliphatic carbocycles. The maximum absolute atomic E-state index is 11.6. The molecule has 1 aliphatic rings. The van der Waals surface area contributed by atoms with Crippen molar-refractivity contribution in [2.75, 3.05) is 18.0 Å². The highest BCUT2D eigenvalue weighted by molar-refractivity contribution is 5.76. The van der Waals surface area contributed by atoms with Gasteiger partial charge in [0.15, 0.2) is 0 Å². The lowest BCUT2D eigenvalue weighted by molar-refractivity contribution is -0.148. The summed E-state index contributed by atoms with van der Waals surface area (Å²) in [6, 6.07) is 8.34. The summed E-state index contributed by atoms with van der Waals surface area (Å²) in [5, 5.41) is 9.57. The van der Waals surface area contributed by atoms with Crippen molar-refractivity contribution in [3.05, 3.63) is 29.8 Å². The first kappa shape index (κ1) is 13.9. The molecule has 0 aromatic heterocycles. The Kier molecular flexibility index (Phi) is 4.13. The van der Waals surface area contributed by atoms with E-state index in [1.165, 1.54) is 5.56 Å². The van der Waals surface area contributed by atoms with Gasteiger partial charge in [0.05, 0.1) is 5.41 Å². The van der Waals surface area contributed by atoms with Gasteiger partial charge in [0.1, 0.15) is 0 Å². The van der Waals surface area contributed by atoms with Crippen LogP contribution >= 0.6 is 0 Å². The number of carbonyl (C=O) groups is 1. The Bertz CT molecular complexity index is 433. The molecular formula is C16H23NO2. The minimum atomic E-state index is -0.629. The van der Waals surface area contributed by atoms with Gasteiger partial charge in [0, 0.05) is 18.8 Å². The largest absolute Gasteiger partial charge is 0.481 e. The molecule has 2 rings (SSSR count). The van der Waals surface area contributed by atoms with E-state index in [0.29, 0.717) is 6.54 Å². The summed E-state index contributed by atoms with van der Waals surface area (Å²) in [7, 11) is 0. The van der Waals surface area contributed by atoms with E-state index in [1.807, 2.05) is 0 Å². The molecule has 0 heterocycles. The van der Waals surface area contributed by atoms with Crippen LogP contribution in [0.5, 0.6) is 0 Å². The summed E-state index contributed by atoms with van der Waals surface area (Å²) in [5.41, 5.74) is 1.82. The molecule has 0 saturated heterocycles. The minimum Gasteiger partial charge on any atom is -0.481 e. The number of hydrogen-bond acceptors (Lipinski definition) is 2. The highest BCUT2D eigenvalue weighted by Gasteiger charge is 2.42. The van der Waals surface area contributed by atoms with Crippen LogP contribution in [0.1, 0.15) is 38.2 Å². The van der Waals surface area contributed by atoms with Crippen LogP contribution in [-0.2, 0) is 4.79 Å². The summed E-state index contributed by atoms with van der Waals surface area (Å²) < 4.78 is 0. The van der Waals surface area contributed by atoms with Crippen LogP contribution in [0, 0.1) is 12.3 Å². The van der Waals surface area contributed by atoms with Crippen LogP contribution in [0.4, 0.5) is 5.69 Å². The van der Waals surface area contributed by atoms with Crippen LogP contribution in [0.2, 0.25) is 0 Å². The second-order valence-corrected chi connectivity index (χ2v) is 5.64. The van der Waals surface area contributed by atoms with Gasteiger partial charge >= 0.3 is 5.97 Å². The van der Waals surface area contributed by atoms with Gasteiger partial charge in [-0.05, 0) is 38.8 Å². The van der Waals surface area contributed by atoms with E-state index in [-0.39, 0.29) is 0 Å². The third kappa shape index (κ3) is 2.91. The fraction of sp³-hybridized carbons (Fsp3) is 0.562. The molecule has 104 valence electrons. The van der Waals surface area contributed by atoms with Crippen LogP contribution < -0.4 is 4.90 Å². The molecule has 0 bridgehead atoms. The maximum Gasteiger partial charge on any atom is 0.311 e. The standard InChI is InChI=1S/C16H23NO2/c1-3-17(14-8-6-13(2)7-9-14)12-16(15(18)19)10-4-5-11-16/h6-9H,3-5,10-12H2,1-2H3,(H,18,19). The number of nitrogens with zero attached hydrogens (tertiary/aromatic N) is 1. The van der Waals surface area contributed by atoms with Crippen molar-refractivity contribution < 1.29 is 9.90 Å². The second kappa shape index (κ2) is 5.64. The van der Waals surface area contributed by atoms with E-state index < -0.39 is 11.4 Å². The van der Waals surface area contributed by atoms with E-state index in [0.717, 1.165) is 37.9 Å². The molecule has 1 fully saturated rings. The molecule has 1 saturated carbocycles. The molecular weight excluding hydrogens is 238 g/mol. The zero-order valence-corrected chi connectivity index (χ0v) is 11.9.